The SMILES string of the molecule is O=C1CSC(=O)N1Cc1cnc2cc(OCc3cnc(-c4ccccc4)o3)ccc2c1. The summed E-state index contributed by atoms with van der Waals surface area (Å²) in [5, 5.41) is 0.694. The number of nitrogens with zero attached hydrogens (tertiary/aromatic N) is 3. The van der Waals surface area contributed by atoms with Gasteiger partial charge in [0.25, 0.3) is 5.24 Å². The molecule has 2 aromatic carbocycles. The summed E-state index contributed by atoms with van der Waals surface area (Å²) >= 11 is 1.03. The lowest BCUT2D eigenvalue weighted by molar-refractivity contribution is -0.125. The predicted octanol–water partition coefficient (Wildman–Crippen LogP) is 4.66. The molecule has 0 aliphatic carbocycles. The standard InChI is InChI=1S/C23H17N3O4S/c27-21-14-31-23(28)26(21)12-15-8-17-6-7-18(9-20(17)24-10-15)29-13-19-11-25-22(30-19)16-4-2-1-3-5-16/h1-11H,12-14H2. The van der Waals surface area contributed by atoms with Gasteiger partial charge in [-0.25, -0.2) is 4.98 Å². The Labute approximate surface area is 182 Å². The Kier molecular flexibility index (Phi) is 5.13. The number of ether oxygens (including phenoxy) is 1. The van der Waals surface area contributed by atoms with Gasteiger partial charge in [-0.05, 0) is 35.9 Å². The molecule has 0 atom stereocenters. The van der Waals surface area contributed by atoms with Crippen molar-refractivity contribution < 1.29 is 18.7 Å². The van der Waals surface area contributed by atoms with E-state index in [9.17, 15) is 9.59 Å². The van der Waals surface area contributed by atoms with Gasteiger partial charge in [-0.3, -0.25) is 19.5 Å². The van der Waals surface area contributed by atoms with Crippen LogP contribution >= 0.6 is 11.8 Å². The Morgan fingerprint density at radius 1 is 1.03 bits per heavy atom. The molecule has 0 spiro atoms. The number of carbonyl (C=O) groups is 2. The molecule has 2 amide bonds. The van der Waals surface area contributed by atoms with E-state index in [4.69, 9.17) is 9.15 Å². The quantitative estimate of drug-likeness (QED) is 0.439. The van der Waals surface area contributed by atoms with E-state index in [1.54, 1.807) is 12.4 Å². The van der Waals surface area contributed by atoms with Crippen LogP contribution in [0.4, 0.5) is 4.79 Å². The largest absolute Gasteiger partial charge is 0.486 e. The molecule has 8 heteroatoms. The summed E-state index contributed by atoms with van der Waals surface area (Å²) in [6.45, 7) is 0.487. The van der Waals surface area contributed by atoms with E-state index in [0.717, 1.165) is 33.8 Å². The van der Waals surface area contributed by atoms with Crippen LogP contribution in [0, 0.1) is 0 Å². The molecule has 0 saturated carbocycles. The molecule has 5 rings (SSSR count). The van der Waals surface area contributed by atoms with Gasteiger partial charge in [0.2, 0.25) is 11.8 Å². The third kappa shape index (κ3) is 4.15. The first-order chi connectivity index (χ1) is 15.2. The van der Waals surface area contributed by atoms with Gasteiger partial charge in [0.05, 0.1) is 24.0 Å². The number of thioether (sulfide) groups is 1. The van der Waals surface area contributed by atoms with Crippen molar-refractivity contribution in [1.82, 2.24) is 14.9 Å². The molecule has 2 aromatic heterocycles. The van der Waals surface area contributed by atoms with E-state index in [1.165, 1.54) is 4.90 Å². The van der Waals surface area contributed by atoms with E-state index >= 15 is 0 Å². The summed E-state index contributed by atoms with van der Waals surface area (Å²) in [6, 6.07) is 17.2. The lowest BCUT2D eigenvalue weighted by Crippen LogP contribution is -2.27. The first kappa shape index (κ1) is 19.3. The molecule has 0 N–H and O–H groups in total. The van der Waals surface area contributed by atoms with Crippen LogP contribution in [0.15, 0.2) is 71.4 Å². The second kappa shape index (κ2) is 8.23. The van der Waals surface area contributed by atoms with E-state index in [2.05, 4.69) is 9.97 Å². The van der Waals surface area contributed by atoms with E-state index in [0.29, 0.717) is 17.4 Å². The van der Waals surface area contributed by atoms with Crippen LogP contribution < -0.4 is 4.74 Å². The Hall–Kier alpha value is -3.65. The van der Waals surface area contributed by atoms with Gasteiger partial charge in [0.15, 0.2) is 5.76 Å². The summed E-state index contributed by atoms with van der Waals surface area (Å²) in [6.07, 6.45) is 3.34. The zero-order valence-electron chi connectivity index (χ0n) is 16.4. The maximum atomic E-state index is 11.8. The molecule has 0 radical (unpaired) electrons. The number of imide groups is 1. The summed E-state index contributed by atoms with van der Waals surface area (Å²) in [5.74, 6) is 1.88. The molecule has 1 fully saturated rings. The van der Waals surface area contributed by atoms with Crippen molar-refractivity contribution in [3.63, 3.8) is 0 Å². The highest BCUT2D eigenvalue weighted by molar-refractivity contribution is 8.14. The van der Waals surface area contributed by atoms with Crippen LogP contribution in [0.5, 0.6) is 5.75 Å². The molecule has 3 heterocycles. The minimum Gasteiger partial charge on any atom is -0.486 e. The monoisotopic (exact) mass is 431 g/mol. The number of fused-ring (bicyclic) bond motifs is 1. The van der Waals surface area contributed by atoms with Crippen LogP contribution in [-0.2, 0) is 17.9 Å². The van der Waals surface area contributed by atoms with Crippen molar-refractivity contribution in [2.45, 2.75) is 13.2 Å². The van der Waals surface area contributed by atoms with Crippen molar-refractivity contribution in [2.24, 2.45) is 0 Å². The molecule has 31 heavy (non-hydrogen) atoms. The normalized spacial score (nSPS) is 13.9. The minimum atomic E-state index is -0.211. The smallest absolute Gasteiger partial charge is 0.289 e. The van der Waals surface area contributed by atoms with Crippen LogP contribution in [0.2, 0.25) is 0 Å². The topological polar surface area (TPSA) is 85.5 Å². The first-order valence-electron chi connectivity index (χ1n) is 9.64. The van der Waals surface area contributed by atoms with Crippen molar-refractivity contribution in [2.75, 3.05) is 5.75 Å². The number of oxazole rings is 1. The highest BCUT2D eigenvalue weighted by Gasteiger charge is 2.29. The highest BCUT2D eigenvalue weighted by Crippen LogP contribution is 2.25. The summed E-state index contributed by atoms with van der Waals surface area (Å²) in [5.41, 5.74) is 2.48. The average molecular weight is 431 g/mol. The van der Waals surface area contributed by atoms with Crippen molar-refractivity contribution in [3.8, 4) is 17.2 Å². The lowest BCUT2D eigenvalue weighted by atomic mass is 10.1. The number of carbonyl (C=O) groups excluding carboxylic acids is 2. The number of amides is 2. The maximum absolute atomic E-state index is 11.8. The number of benzene rings is 2. The molecule has 0 bridgehead atoms. The number of rotatable bonds is 6. The van der Waals surface area contributed by atoms with Crippen LogP contribution in [0.3, 0.4) is 0 Å². The molecule has 1 aliphatic rings. The second-order valence-corrected chi connectivity index (χ2v) is 7.95. The molecule has 4 aromatic rings. The number of hydrogen-bond acceptors (Lipinski definition) is 7. The summed E-state index contributed by atoms with van der Waals surface area (Å²) in [4.78, 5) is 33.6. The molecule has 7 nitrogen and oxygen atoms in total. The Bertz CT molecular complexity index is 1260. The average Bonchev–Trinajstić information content (AvgIpc) is 3.40. The van der Waals surface area contributed by atoms with Gasteiger partial charge >= 0.3 is 0 Å². The van der Waals surface area contributed by atoms with Crippen molar-refractivity contribution >= 4 is 33.8 Å². The molecular formula is C23H17N3O4S. The van der Waals surface area contributed by atoms with Crippen LogP contribution in [0.1, 0.15) is 11.3 Å². The number of hydrogen-bond donors (Lipinski definition) is 0. The van der Waals surface area contributed by atoms with Gasteiger partial charge in [-0.2, -0.15) is 0 Å². The maximum Gasteiger partial charge on any atom is 0.289 e. The molecule has 1 aliphatic heterocycles. The molecule has 154 valence electrons. The molecule has 0 unspecified atom stereocenters. The zero-order chi connectivity index (χ0) is 21.2. The van der Waals surface area contributed by atoms with Gasteiger partial charge in [0.1, 0.15) is 12.4 Å². The molecular weight excluding hydrogens is 414 g/mol. The van der Waals surface area contributed by atoms with Gasteiger partial charge < -0.3 is 9.15 Å². The number of pyridine rings is 1. The van der Waals surface area contributed by atoms with E-state index < -0.39 is 0 Å². The van der Waals surface area contributed by atoms with Gasteiger partial charge in [-0.15, -0.1) is 0 Å². The lowest BCUT2D eigenvalue weighted by Gasteiger charge is -2.13. The third-order valence-electron chi connectivity index (χ3n) is 4.85. The van der Waals surface area contributed by atoms with Crippen molar-refractivity contribution in [1.29, 1.82) is 0 Å². The van der Waals surface area contributed by atoms with Gasteiger partial charge in [0, 0.05) is 23.2 Å². The molecule has 1 saturated heterocycles. The van der Waals surface area contributed by atoms with Crippen LogP contribution in [0.25, 0.3) is 22.4 Å². The van der Waals surface area contributed by atoms with Crippen molar-refractivity contribution in [3.05, 3.63) is 78.3 Å². The van der Waals surface area contributed by atoms with Gasteiger partial charge in [-0.1, -0.05) is 30.0 Å². The first-order valence-corrected chi connectivity index (χ1v) is 10.6. The minimum absolute atomic E-state index is 0.165. The Morgan fingerprint density at radius 2 is 1.90 bits per heavy atom. The fourth-order valence-corrected chi connectivity index (χ4v) is 4.01. The summed E-state index contributed by atoms with van der Waals surface area (Å²) in [7, 11) is 0. The summed E-state index contributed by atoms with van der Waals surface area (Å²) < 4.78 is 11.6. The Balaban J connectivity index is 1.26. The second-order valence-electron chi connectivity index (χ2n) is 7.02. The zero-order valence-corrected chi connectivity index (χ0v) is 17.2. The van der Waals surface area contributed by atoms with E-state index in [1.807, 2.05) is 54.6 Å². The fraction of sp³-hybridized carbons (Fsp3) is 0.130. The predicted molar refractivity (Wildman–Crippen MR) is 116 cm³/mol. The van der Waals surface area contributed by atoms with Crippen LogP contribution in [-0.4, -0.2) is 31.8 Å². The fourth-order valence-electron chi connectivity index (χ4n) is 3.28. The highest BCUT2D eigenvalue weighted by atomic mass is 32.2. The third-order valence-corrected chi connectivity index (χ3v) is 5.71. The number of aromatic nitrogens is 2. The Morgan fingerprint density at radius 3 is 2.71 bits per heavy atom. The van der Waals surface area contributed by atoms with E-state index in [-0.39, 0.29) is 30.1 Å².